The van der Waals surface area contributed by atoms with Crippen LogP contribution in [0.4, 0.5) is 0 Å². The van der Waals surface area contributed by atoms with Gasteiger partial charge in [-0.25, -0.2) is 4.21 Å². The molecule has 0 bridgehead atoms. The van der Waals surface area contributed by atoms with E-state index in [1.54, 1.807) is 0 Å². The van der Waals surface area contributed by atoms with Crippen molar-refractivity contribution in [3.05, 3.63) is 35.9 Å². The van der Waals surface area contributed by atoms with Crippen LogP contribution < -0.4 is 5.32 Å². The zero-order valence-corrected chi connectivity index (χ0v) is 10.7. The minimum atomic E-state index is -1.44. The smallest absolute Gasteiger partial charge is 0.267 e. The molecule has 1 aromatic carbocycles. The fourth-order valence-electron chi connectivity index (χ4n) is 1.73. The van der Waals surface area contributed by atoms with Gasteiger partial charge in [0.25, 0.3) is 11.2 Å². The third kappa shape index (κ3) is 2.79. The molecule has 90 valence electrons. The van der Waals surface area contributed by atoms with Gasteiger partial charge in [0.05, 0.1) is 11.8 Å². The lowest BCUT2D eigenvalue weighted by Gasteiger charge is -2.18. The minimum Gasteiger partial charge on any atom is -0.361 e. The van der Waals surface area contributed by atoms with E-state index in [2.05, 4.69) is 33.2 Å². The van der Waals surface area contributed by atoms with E-state index >= 15 is 0 Å². The van der Waals surface area contributed by atoms with Crippen molar-refractivity contribution in [3.63, 3.8) is 0 Å². The summed E-state index contributed by atoms with van der Waals surface area (Å²) in [7, 11) is 0. The highest BCUT2D eigenvalue weighted by Gasteiger charge is 2.18. The molecule has 1 aromatic rings. The number of nitrogens with one attached hydrogen (secondary N) is 1. The zero-order chi connectivity index (χ0) is 12.3. The summed E-state index contributed by atoms with van der Waals surface area (Å²) < 4.78 is 19.0. The average Bonchev–Trinajstić information content (AvgIpc) is 2.66. The van der Waals surface area contributed by atoms with E-state index < -0.39 is 11.2 Å². The Bertz CT molecular complexity index is 482. The summed E-state index contributed by atoms with van der Waals surface area (Å²) in [4.78, 5) is 0. The molecule has 1 heterocycles. The van der Waals surface area contributed by atoms with Gasteiger partial charge in [-0.05, 0) is 18.9 Å². The van der Waals surface area contributed by atoms with Gasteiger partial charge in [0.2, 0.25) is 0 Å². The summed E-state index contributed by atoms with van der Waals surface area (Å²) in [5.74, 6) is 0.638. The van der Waals surface area contributed by atoms with Gasteiger partial charge in [-0.1, -0.05) is 37.3 Å². The molecule has 0 amide bonds. The Morgan fingerprint density at radius 1 is 1.29 bits per heavy atom. The van der Waals surface area contributed by atoms with Gasteiger partial charge in [-0.2, -0.15) is 4.40 Å². The molecule has 0 spiro atoms. The molecule has 2 rings (SSSR count). The summed E-state index contributed by atoms with van der Waals surface area (Å²) in [5, 5.41) is 3.29. The number of benzene rings is 1. The molecular weight excluding hydrogens is 234 g/mol. The summed E-state index contributed by atoms with van der Waals surface area (Å²) in [6.07, 6.45) is 0.933. The van der Waals surface area contributed by atoms with Crippen LogP contribution >= 0.6 is 0 Å². The van der Waals surface area contributed by atoms with E-state index in [-0.39, 0.29) is 6.04 Å². The highest BCUT2D eigenvalue weighted by Crippen LogP contribution is 2.17. The second kappa shape index (κ2) is 5.23. The predicted octanol–water partition coefficient (Wildman–Crippen LogP) is 2.18. The fourth-order valence-corrected chi connectivity index (χ4v) is 2.43. The summed E-state index contributed by atoms with van der Waals surface area (Å²) in [6.45, 7) is 3.91. The molecule has 1 aliphatic heterocycles. The van der Waals surface area contributed by atoms with Gasteiger partial charge in [-0.15, -0.1) is 4.40 Å². The van der Waals surface area contributed by atoms with Gasteiger partial charge in [0.1, 0.15) is 0 Å². The molecule has 0 saturated heterocycles. The Labute approximate surface area is 104 Å². The minimum absolute atomic E-state index is 0.176. The van der Waals surface area contributed by atoms with Crippen molar-refractivity contribution < 1.29 is 4.21 Å². The van der Waals surface area contributed by atoms with Crippen LogP contribution in [0, 0.1) is 0 Å². The van der Waals surface area contributed by atoms with Gasteiger partial charge >= 0.3 is 0 Å². The first kappa shape index (κ1) is 12.0. The summed E-state index contributed by atoms with van der Waals surface area (Å²) >= 11 is -1.44. The molecule has 0 aromatic heterocycles. The van der Waals surface area contributed by atoms with Crippen molar-refractivity contribution in [3.8, 4) is 0 Å². The summed E-state index contributed by atoms with van der Waals surface area (Å²) in [5.41, 5.74) is 1.90. The van der Waals surface area contributed by atoms with Crippen LogP contribution in [0.15, 0.2) is 39.1 Å². The SMILES string of the molecule is CC[C@@H](NC1=NS(=O)N=C1C)c1ccccc1. The lowest BCUT2D eigenvalue weighted by atomic mass is 10.0. The maximum atomic E-state index is 11.2. The third-order valence-corrected chi connectivity index (χ3v) is 3.42. The first-order valence-corrected chi connectivity index (χ1v) is 6.65. The Morgan fingerprint density at radius 2 is 2.00 bits per heavy atom. The Balaban J connectivity index is 2.15. The van der Waals surface area contributed by atoms with Crippen molar-refractivity contribution in [2.45, 2.75) is 26.3 Å². The molecule has 2 atom stereocenters. The second-order valence-electron chi connectivity index (χ2n) is 3.86. The highest BCUT2D eigenvalue weighted by molar-refractivity contribution is 7.83. The van der Waals surface area contributed by atoms with Crippen LogP contribution in [0.5, 0.6) is 0 Å². The van der Waals surface area contributed by atoms with Gasteiger partial charge in [0, 0.05) is 0 Å². The molecule has 0 saturated carbocycles. The van der Waals surface area contributed by atoms with Gasteiger partial charge in [-0.3, -0.25) is 0 Å². The molecule has 1 unspecified atom stereocenters. The van der Waals surface area contributed by atoms with Crippen LogP contribution in [0.3, 0.4) is 0 Å². The lowest BCUT2D eigenvalue weighted by molar-refractivity contribution is 0.629. The van der Waals surface area contributed by atoms with Crippen molar-refractivity contribution >= 4 is 22.7 Å². The highest BCUT2D eigenvalue weighted by atomic mass is 32.2. The zero-order valence-electron chi connectivity index (χ0n) is 9.88. The molecule has 0 radical (unpaired) electrons. The normalized spacial score (nSPS) is 20.7. The predicted molar refractivity (Wildman–Crippen MR) is 71.3 cm³/mol. The summed E-state index contributed by atoms with van der Waals surface area (Å²) in [6, 6.07) is 10.3. The standard InChI is InChI=1S/C12H15N3OS/c1-3-11(10-7-5-4-6-8-10)13-12-9(2)14-17(16)15-12/h4-8,11H,3H2,1-2H3,(H,13,15)/t11-,17?/m1/s1. The Kier molecular flexibility index (Phi) is 3.68. The molecule has 0 fully saturated rings. The number of nitrogens with zero attached hydrogens (tertiary/aromatic N) is 2. The maximum absolute atomic E-state index is 11.2. The largest absolute Gasteiger partial charge is 0.361 e. The van der Waals surface area contributed by atoms with Crippen molar-refractivity contribution in [2.75, 3.05) is 0 Å². The topological polar surface area (TPSA) is 53.8 Å². The van der Waals surface area contributed by atoms with Crippen LogP contribution in [0.2, 0.25) is 0 Å². The van der Waals surface area contributed by atoms with Crippen LogP contribution in [0.25, 0.3) is 0 Å². The van der Waals surface area contributed by atoms with Crippen LogP contribution in [-0.2, 0) is 11.2 Å². The lowest BCUT2D eigenvalue weighted by Crippen LogP contribution is -2.31. The first-order valence-electron chi connectivity index (χ1n) is 5.58. The monoisotopic (exact) mass is 249 g/mol. The first-order chi connectivity index (χ1) is 8.20. The number of rotatable bonds is 3. The molecule has 1 N–H and O–H groups in total. The van der Waals surface area contributed by atoms with Crippen LogP contribution in [-0.4, -0.2) is 15.8 Å². The van der Waals surface area contributed by atoms with E-state index in [0.29, 0.717) is 11.5 Å². The van der Waals surface area contributed by atoms with E-state index in [9.17, 15) is 4.21 Å². The van der Waals surface area contributed by atoms with E-state index in [4.69, 9.17) is 0 Å². The van der Waals surface area contributed by atoms with Gasteiger partial charge < -0.3 is 5.32 Å². The second-order valence-corrected chi connectivity index (χ2v) is 4.69. The van der Waals surface area contributed by atoms with Crippen LogP contribution in [0.1, 0.15) is 31.9 Å². The molecule has 17 heavy (non-hydrogen) atoms. The van der Waals surface area contributed by atoms with E-state index in [0.717, 1.165) is 6.42 Å². The van der Waals surface area contributed by atoms with Crippen molar-refractivity contribution in [1.29, 1.82) is 0 Å². The Hall–Kier alpha value is -1.49. The van der Waals surface area contributed by atoms with E-state index in [1.807, 2.05) is 25.1 Å². The molecule has 4 nitrogen and oxygen atoms in total. The van der Waals surface area contributed by atoms with Gasteiger partial charge in [0.15, 0.2) is 5.84 Å². The molecule has 0 aliphatic carbocycles. The fraction of sp³-hybridized carbons (Fsp3) is 0.333. The Morgan fingerprint density at radius 3 is 2.53 bits per heavy atom. The number of hydrogen-bond acceptors (Lipinski definition) is 2. The average molecular weight is 249 g/mol. The third-order valence-electron chi connectivity index (χ3n) is 2.65. The maximum Gasteiger partial charge on any atom is 0.267 e. The van der Waals surface area contributed by atoms with Crippen molar-refractivity contribution in [2.24, 2.45) is 8.80 Å². The quantitative estimate of drug-likeness (QED) is 0.892. The van der Waals surface area contributed by atoms with Crippen molar-refractivity contribution in [1.82, 2.24) is 5.32 Å². The molecular formula is C12H15N3OS. The molecule has 5 heteroatoms. The molecule has 1 aliphatic rings. The van der Waals surface area contributed by atoms with E-state index in [1.165, 1.54) is 5.56 Å². The number of amidine groups is 1. The number of hydrogen-bond donors (Lipinski definition) is 1.